The maximum absolute atomic E-state index is 13.1. The molecular formula is C25H20ClNO5S2. The third kappa shape index (κ3) is 5.42. The molecule has 0 aliphatic carbocycles. The number of unbranched alkanes of at least 4 members (excludes halogenated alkanes) is 1. The van der Waals surface area contributed by atoms with E-state index in [-0.39, 0.29) is 19.1 Å². The summed E-state index contributed by atoms with van der Waals surface area (Å²) in [6.07, 6.45) is 2.77. The number of anilines is 1. The van der Waals surface area contributed by atoms with Crippen LogP contribution >= 0.6 is 35.6 Å². The number of carbonyl (C=O) groups is 2. The number of thioether (sulfide) groups is 1. The van der Waals surface area contributed by atoms with Gasteiger partial charge in [0.1, 0.15) is 11.5 Å². The quantitative estimate of drug-likeness (QED) is 0.173. The van der Waals surface area contributed by atoms with E-state index in [1.54, 1.807) is 48.5 Å². The number of hydrogen-bond donors (Lipinski definition) is 1. The Balaban J connectivity index is 1.51. The van der Waals surface area contributed by atoms with Crippen molar-refractivity contribution in [1.29, 1.82) is 0 Å². The summed E-state index contributed by atoms with van der Waals surface area (Å²) in [6, 6.07) is 17.5. The molecule has 1 amide bonds. The zero-order valence-corrected chi connectivity index (χ0v) is 20.3. The van der Waals surface area contributed by atoms with Crippen molar-refractivity contribution in [1.82, 2.24) is 0 Å². The molecule has 1 aliphatic heterocycles. The number of furan rings is 1. The van der Waals surface area contributed by atoms with E-state index in [9.17, 15) is 9.59 Å². The summed E-state index contributed by atoms with van der Waals surface area (Å²) in [7, 11) is 0. The highest BCUT2D eigenvalue weighted by Crippen LogP contribution is 2.37. The van der Waals surface area contributed by atoms with Crippen LogP contribution in [0.5, 0.6) is 0 Å². The molecule has 9 heteroatoms. The van der Waals surface area contributed by atoms with Crippen LogP contribution in [0.4, 0.5) is 5.69 Å². The van der Waals surface area contributed by atoms with Crippen molar-refractivity contribution in [3.05, 3.63) is 81.9 Å². The van der Waals surface area contributed by atoms with Crippen LogP contribution in [0.2, 0.25) is 5.02 Å². The Morgan fingerprint density at radius 1 is 1.15 bits per heavy atom. The van der Waals surface area contributed by atoms with Gasteiger partial charge in [0.2, 0.25) is 0 Å². The second kappa shape index (κ2) is 11.0. The molecule has 4 rings (SSSR count). The van der Waals surface area contributed by atoms with Crippen LogP contribution in [0.1, 0.15) is 29.0 Å². The molecule has 0 unspecified atom stereocenters. The van der Waals surface area contributed by atoms with E-state index in [1.807, 2.05) is 18.2 Å². The summed E-state index contributed by atoms with van der Waals surface area (Å²) in [6.45, 7) is 0.265. The third-order valence-corrected chi connectivity index (χ3v) is 6.59. The molecule has 1 saturated heterocycles. The van der Waals surface area contributed by atoms with Crippen LogP contribution in [-0.2, 0) is 9.53 Å². The predicted octanol–water partition coefficient (Wildman–Crippen LogP) is 5.94. The van der Waals surface area contributed by atoms with Gasteiger partial charge in [0, 0.05) is 18.2 Å². The van der Waals surface area contributed by atoms with Crippen molar-refractivity contribution in [2.24, 2.45) is 0 Å². The lowest BCUT2D eigenvalue weighted by Gasteiger charge is -2.15. The van der Waals surface area contributed by atoms with Crippen molar-refractivity contribution in [2.45, 2.75) is 12.8 Å². The topological polar surface area (TPSA) is 80.0 Å². The first-order chi connectivity index (χ1) is 16.5. The van der Waals surface area contributed by atoms with E-state index >= 15 is 0 Å². The number of thiocarbonyl (C=S) groups is 1. The number of rotatable bonds is 8. The second-order valence-corrected chi connectivity index (χ2v) is 9.40. The third-order valence-electron chi connectivity index (χ3n) is 4.96. The van der Waals surface area contributed by atoms with Crippen molar-refractivity contribution in [3.63, 3.8) is 0 Å². The fraction of sp³-hybridized carbons (Fsp3) is 0.160. The van der Waals surface area contributed by atoms with Crippen LogP contribution < -0.4 is 4.90 Å². The van der Waals surface area contributed by atoms with Crippen LogP contribution in [0.3, 0.4) is 0 Å². The predicted molar refractivity (Wildman–Crippen MR) is 138 cm³/mol. The standard InChI is InChI=1S/C25H20ClNO5S2/c26-20-9-2-1-8-19(20)21-11-10-18(32-21)15-22-23(29)27(25(33)34-22)17-7-5-6-16(14-17)24(30)31-13-4-3-12-28/h1-2,5-11,14-15,28H,3-4,12-13H2. The van der Waals surface area contributed by atoms with Gasteiger partial charge in [-0.3, -0.25) is 9.69 Å². The molecule has 1 N–H and O–H groups in total. The van der Waals surface area contributed by atoms with E-state index in [1.165, 1.54) is 4.90 Å². The normalized spacial score (nSPS) is 14.8. The molecule has 3 aromatic rings. The Morgan fingerprint density at radius 3 is 2.76 bits per heavy atom. The van der Waals surface area contributed by atoms with Crippen molar-refractivity contribution < 1.29 is 23.8 Å². The van der Waals surface area contributed by atoms with Crippen molar-refractivity contribution in [2.75, 3.05) is 18.1 Å². The van der Waals surface area contributed by atoms with Crippen LogP contribution in [0.25, 0.3) is 17.4 Å². The molecule has 0 saturated carbocycles. The summed E-state index contributed by atoms with van der Waals surface area (Å²) in [5.74, 6) is 0.288. The van der Waals surface area contributed by atoms with Gasteiger partial charge in [0.15, 0.2) is 4.32 Å². The maximum atomic E-state index is 13.1. The molecule has 1 fully saturated rings. The van der Waals surface area contributed by atoms with Crippen LogP contribution in [0.15, 0.2) is 70.0 Å². The van der Waals surface area contributed by atoms with Crippen LogP contribution in [0, 0.1) is 0 Å². The first-order valence-electron chi connectivity index (χ1n) is 10.5. The minimum atomic E-state index is -0.497. The molecule has 1 aromatic heterocycles. The molecule has 0 bridgehead atoms. The Hall–Kier alpha value is -2.91. The molecule has 1 aliphatic rings. The molecular weight excluding hydrogens is 494 g/mol. The molecule has 34 heavy (non-hydrogen) atoms. The smallest absolute Gasteiger partial charge is 0.338 e. The summed E-state index contributed by atoms with van der Waals surface area (Å²) < 4.78 is 11.5. The fourth-order valence-corrected chi connectivity index (χ4v) is 4.80. The molecule has 2 heterocycles. The molecule has 6 nitrogen and oxygen atoms in total. The zero-order chi connectivity index (χ0) is 24.1. The van der Waals surface area contributed by atoms with E-state index in [2.05, 4.69) is 0 Å². The van der Waals surface area contributed by atoms with Gasteiger partial charge < -0.3 is 14.3 Å². The average Bonchev–Trinajstić information content (AvgIpc) is 3.41. The van der Waals surface area contributed by atoms with Gasteiger partial charge in [-0.05, 0) is 55.3 Å². The Morgan fingerprint density at radius 2 is 1.97 bits per heavy atom. The number of amides is 1. The van der Waals surface area contributed by atoms with Gasteiger partial charge in [-0.1, -0.05) is 53.8 Å². The van der Waals surface area contributed by atoms with E-state index in [0.717, 1.165) is 17.3 Å². The fourth-order valence-electron chi connectivity index (χ4n) is 3.29. The monoisotopic (exact) mass is 513 g/mol. The van der Waals surface area contributed by atoms with E-state index < -0.39 is 5.97 Å². The summed E-state index contributed by atoms with van der Waals surface area (Å²) in [5, 5.41) is 9.40. The lowest BCUT2D eigenvalue weighted by atomic mass is 10.2. The minimum absolute atomic E-state index is 0.0500. The highest BCUT2D eigenvalue weighted by atomic mass is 35.5. The molecule has 2 aromatic carbocycles. The van der Waals surface area contributed by atoms with Crippen LogP contribution in [-0.4, -0.2) is 34.5 Å². The first kappa shape index (κ1) is 24.2. The average molecular weight is 514 g/mol. The van der Waals surface area contributed by atoms with E-state index in [4.69, 9.17) is 38.1 Å². The molecule has 0 spiro atoms. The number of aliphatic hydroxyl groups excluding tert-OH is 1. The zero-order valence-electron chi connectivity index (χ0n) is 17.9. The number of carbonyl (C=O) groups excluding carboxylic acids is 2. The number of halogens is 1. The van der Waals surface area contributed by atoms with E-state index in [0.29, 0.717) is 49.9 Å². The minimum Gasteiger partial charge on any atom is -0.462 e. The van der Waals surface area contributed by atoms with Gasteiger partial charge in [0.25, 0.3) is 5.91 Å². The summed E-state index contributed by atoms with van der Waals surface area (Å²) >= 11 is 12.8. The summed E-state index contributed by atoms with van der Waals surface area (Å²) in [5.41, 5.74) is 1.55. The highest BCUT2D eigenvalue weighted by Gasteiger charge is 2.34. The Bertz CT molecular complexity index is 1270. The van der Waals surface area contributed by atoms with Gasteiger partial charge in [-0.15, -0.1) is 0 Å². The SMILES string of the molecule is O=C(OCCCCO)c1cccc(N2C(=O)C(=Cc3ccc(-c4ccccc4Cl)o3)SC2=S)c1. The van der Waals surface area contributed by atoms with Gasteiger partial charge in [-0.2, -0.15) is 0 Å². The lowest BCUT2D eigenvalue weighted by molar-refractivity contribution is -0.113. The second-order valence-electron chi connectivity index (χ2n) is 7.32. The van der Waals surface area contributed by atoms with Gasteiger partial charge in [0.05, 0.1) is 27.8 Å². The number of ether oxygens (including phenoxy) is 1. The molecule has 0 radical (unpaired) electrons. The largest absolute Gasteiger partial charge is 0.462 e. The maximum Gasteiger partial charge on any atom is 0.338 e. The number of esters is 1. The molecule has 0 atom stereocenters. The molecule has 174 valence electrons. The lowest BCUT2D eigenvalue weighted by Crippen LogP contribution is -2.27. The highest BCUT2D eigenvalue weighted by molar-refractivity contribution is 8.27. The number of nitrogens with zero attached hydrogens (tertiary/aromatic N) is 1. The number of benzene rings is 2. The number of aliphatic hydroxyl groups is 1. The number of hydrogen-bond acceptors (Lipinski definition) is 7. The van der Waals surface area contributed by atoms with Gasteiger partial charge >= 0.3 is 5.97 Å². The summed E-state index contributed by atoms with van der Waals surface area (Å²) in [4.78, 5) is 27.2. The first-order valence-corrected chi connectivity index (χ1v) is 12.1. The van der Waals surface area contributed by atoms with Crippen molar-refractivity contribution in [3.8, 4) is 11.3 Å². The Kier molecular flexibility index (Phi) is 7.84. The van der Waals surface area contributed by atoms with Crippen molar-refractivity contribution >= 4 is 63.5 Å². The Labute approximate surface area is 211 Å². The van der Waals surface area contributed by atoms with Gasteiger partial charge in [-0.25, -0.2) is 4.79 Å².